The zero-order valence-electron chi connectivity index (χ0n) is 17.1. The van der Waals surface area contributed by atoms with Crippen LogP contribution in [0.25, 0.3) is 0 Å². The van der Waals surface area contributed by atoms with Crippen molar-refractivity contribution >= 4 is 15.9 Å². The number of sulfonamides is 1. The third kappa shape index (κ3) is 4.62. The van der Waals surface area contributed by atoms with Crippen molar-refractivity contribution in [3.8, 4) is 5.75 Å². The highest BCUT2D eigenvalue weighted by molar-refractivity contribution is 7.89. The molecule has 0 radical (unpaired) electrons. The SMILES string of the molecule is COc1cccc(CNC(=O)[C@]2(C)CCCN(S(=O)(=O)c3ccccc3C)C2)c1. The highest BCUT2D eigenvalue weighted by atomic mass is 32.2. The number of hydrogen-bond acceptors (Lipinski definition) is 4. The molecule has 0 bridgehead atoms. The fourth-order valence-electron chi connectivity index (χ4n) is 3.75. The van der Waals surface area contributed by atoms with Crippen molar-refractivity contribution in [3.63, 3.8) is 0 Å². The second-order valence-electron chi connectivity index (χ2n) is 7.80. The maximum absolute atomic E-state index is 13.1. The van der Waals surface area contributed by atoms with Crippen LogP contribution in [0.15, 0.2) is 53.4 Å². The molecule has 0 spiro atoms. The van der Waals surface area contributed by atoms with Gasteiger partial charge in [0.25, 0.3) is 0 Å². The quantitative estimate of drug-likeness (QED) is 0.785. The Morgan fingerprint density at radius 1 is 1.21 bits per heavy atom. The molecule has 1 atom stereocenters. The minimum absolute atomic E-state index is 0.134. The van der Waals surface area contributed by atoms with E-state index in [-0.39, 0.29) is 12.5 Å². The Balaban J connectivity index is 1.72. The molecule has 1 aliphatic heterocycles. The number of carbonyl (C=O) groups is 1. The molecule has 1 fully saturated rings. The van der Waals surface area contributed by atoms with Crippen molar-refractivity contribution in [2.75, 3.05) is 20.2 Å². The maximum atomic E-state index is 13.1. The van der Waals surface area contributed by atoms with E-state index in [1.807, 2.05) is 37.3 Å². The van der Waals surface area contributed by atoms with Crippen LogP contribution in [0.4, 0.5) is 0 Å². The lowest BCUT2D eigenvalue weighted by Gasteiger charge is -2.38. The summed E-state index contributed by atoms with van der Waals surface area (Å²) < 4.78 is 33.0. The molecule has 2 aromatic rings. The van der Waals surface area contributed by atoms with Gasteiger partial charge in [0.05, 0.1) is 17.4 Å². The number of rotatable bonds is 6. The molecule has 0 aromatic heterocycles. The Bertz CT molecular complexity index is 990. The molecular formula is C22H28N2O4S. The van der Waals surface area contributed by atoms with Crippen molar-refractivity contribution in [2.24, 2.45) is 5.41 Å². The van der Waals surface area contributed by atoms with Crippen LogP contribution in [0.1, 0.15) is 30.9 Å². The Hall–Kier alpha value is -2.38. The third-order valence-electron chi connectivity index (χ3n) is 5.51. The number of aryl methyl sites for hydroxylation is 1. The van der Waals surface area contributed by atoms with Crippen LogP contribution in [0, 0.1) is 12.3 Å². The molecule has 7 heteroatoms. The first kappa shape index (κ1) is 21.3. The summed E-state index contributed by atoms with van der Waals surface area (Å²) >= 11 is 0. The summed E-state index contributed by atoms with van der Waals surface area (Å²) in [6, 6.07) is 14.5. The first-order chi connectivity index (χ1) is 13.8. The minimum Gasteiger partial charge on any atom is -0.497 e. The number of carbonyl (C=O) groups excluding carboxylic acids is 1. The topological polar surface area (TPSA) is 75.7 Å². The van der Waals surface area contributed by atoms with Gasteiger partial charge in [0.1, 0.15) is 5.75 Å². The van der Waals surface area contributed by atoms with Gasteiger partial charge in [-0.2, -0.15) is 4.31 Å². The zero-order valence-corrected chi connectivity index (χ0v) is 18.0. The van der Waals surface area contributed by atoms with Crippen molar-refractivity contribution < 1.29 is 17.9 Å². The Labute approximate surface area is 172 Å². The summed E-state index contributed by atoms with van der Waals surface area (Å²) in [7, 11) is -2.04. The average molecular weight is 417 g/mol. The Kier molecular flexibility index (Phi) is 6.29. The van der Waals surface area contributed by atoms with Gasteiger partial charge < -0.3 is 10.1 Å². The lowest BCUT2D eigenvalue weighted by Crippen LogP contribution is -2.51. The van der Waals surface area contributed by atoms with Gasteiger partial charge in [0, 0.05) is 19.6 Å². The number of methoxy groups -OCH3 is 1. The molecular weight excluding hydrogens is 388 g/mol. The fourth-order valence-corrected chi connectivity index (χ4v) is 5.57. The van der Waals surface area contributed by atoms with E-state index in [1.165, 1.54) is 4.31 Å². The molecule has 6 nitrogen and oxygen atoms in total. The molecule has 2 aromatic carbocycles. The molecule has 29 heavy (non-hydrogen) atoms. The van der Waals surface area contributed by atoms with Crippen LogP contribution in [0.3, 0.4) is 0 Å². The number of ether oxygens (including phenoxy) is 1. The molecule has 0 saturated carbocycles. The van der Waals surface area contributed by atoms with Gasteiger partial charge in [-0.25, -0.2) is 8.42 Å². The lowest BCUT2D eigenvalue weighted by molar-refractivity contribution is -0.132. The summed E-state index contributed by atoms with van der Waals surface area (Å²) in [6.07, 6.45) is 1.30. The van der Waals surface area contributed by atoms with Crippen LogP contribution in [0.5, 0.6) is 5.75 Å². The third-order valence-corrected chi connectivity index (χ3v) is 7.51. The first-order valence-corrected chi connectivity index (χ1v) is 11.2. The van der Waals surface area contributed by atoms with E-state index in [0.29, 0.717) is 36.4 Å². The van der Waals surface area contributed by atoms with Crippen LogP contribution in [-0.4, -0.2) is 38.8 Å². The summed E-state index contributed by atoms with van der Waals surface area (Å²) in [5.74, 6) is 0.598. The smallest absolute Gasteiger partial charge is 0.243 e. The molecule has 1 heterocycles. The van der Waals surface area contributed by atoms with Crippen molar-refractivity contribution in [1.29, 1.82) is 0 Å². The maximum Gasteiger partial charge on any atom is 0.243 e. The monoisotopic (exact) mass is 416 g/mol. The van der Waals surface area contributed by atoms with Gasteiger partial charge in [-0.3, -0.25) is 4.79 Å². The van der Waals surface area contributed by atoms with Gasteiger partial charge in [0.2, 0.25) is 15.9 Å². The van der Waals surface area contributed by atoms with Gasteiger partial charge in [-0.1, -0.05) is 30.3 Å². The van der Waals surface area contributed by atoms with E-state index in [1.54, 1.807) is 32.2 Å². The standard InChI is InChI=1S/C22H28N2O4S/c1-17-8-4-5-11-20(17)29(26,27)24-13-7-12-22(2,16-24)21(25)23-15-18-9-6-10-19(14-18)28-3/h4-6,8-11,14H,7,12-13,15-16H2,1-3H3,(H,23,25)/t22-/m1/s1. The van der Waals surface area contributed by atoms with Crippen LogP contribution >= 0.6 is 0 Å². The molecule has 1 saturated heterocycles. The molecule has 156 valence electrons. The second-order valence-corrected chi connectivity index (χ2v) is 9.71. The normalized spacial score (nSPS) is 20.2. The van der Waals surface area contributed by atoms with E-state index >= 15 is 0 Å². The molecule has 1 N–H and O–H groups in total. The predicted octanol–water partition coefficient (Wildman–Crippen LogP) is 3.11. The van der Waals surface area contributed by atoms with Crippen LogP contribution in [-0.2, 0) is 21.4 Å². The van der Waals surface area contributed by atoms with E-state index in [2.05, 4.69) is 5.32 Å². The summed E-state index contributed by atoms with van der Waals surface area (Å²) in [5, 5.41) is 2.97. The largest absolute Gasteiger partial charge is 0.497 e. The number of hydrogen-bond donors (Lipinski definition) is 1. The molecule has 3 rings (SSSR count). The number of benzene rings is 2. The molecule has 1 aliphatic rings. The van der Waals surface area contributed by atoms with E-state index in [0.717, 1.165) is 11.3 Å². The van der Waals surface area contributed by atoms with Gasteiger partial charge in [-0.15, -0.1) is 0 Å². The van der Waals surface area contributed by atoms with Crippen LogP contribution < -0.4 is 10.1 Å². The van der Waals surface area contributed by atoms with Crippen molar-refractivity contribution in [3.05, 3.63) is 59.7 Å². The first-order valence-electron chi connectivity index (χ1n) is 9.73. The zero-order chi connectivity index (χ0) is 21.1. The van der Waals surface area contributed by atoms with E-state index in [9.17, 15) is 13.2 Å². The lowest BCUT2D eigenvalue weighted by atomic mass is 9.82. The summed E-state index contributed by atoms with van der Waals surface area (Å²) in [5.41, 5.74) is 0.871. The molecule has 0 unspecified atom stereocenters. The molecule has 0 aliphatic carbocycles. The van der Waals surface area contributed by atoms with Crippen molar-refractivity contribution in [2.45, 2.75) is 38.1 Å². The molecule has 1 amide bonds. The average Bonchev–Trinajstić information content (AvgIpc) is 2.72. The highest BCUT2D eigenvalue weighted by Crippen LogP contribution is 2.33. The summed E-state index contributed by atoms with van der Waals surface area (Å²) in [6.45, 7) is 4.60. The number of piperidine rings is 1. The van der Waals surface area contributed by atoms with Crippen molar-refractivity contribution in [1.82, 2.24) is 9.62 Å². The van der Waals surface area contributed by atoms with Gasteiger partial charge in [-0.05, 0) is 56.0 Å². The number of amides is 1. The second kappa shape index (κ2) is 8.55. The highest BCUT2D eigenvalue weighted by Gasteiger charge is 2.42. The summed E-state index contributed by atoms with van der Waals surface area (Å²) in [4.78, 5) is 13.3. The fraction of sp³-hybridized carbons (Fsp3) is 0.409. The minimum atomic E-state index is -3.64. The Morgan fingerprint density at radius 2 is 1.97 bits per heavy atom. The predicted molar refractivity (Wildman–Crippen MR) is 112 cm³/mol. The number of nitrogens with zero attached hydrogens (tertiary/aromatic N) is 1. The van der Waals surface area contributed by atoms with Crippen LogP contribution in [0.2, 0.25) is 0 Å². The number of nitrogens with one attached hydrogen (secondary N) is 1. The van der Waals surface area contributed by atoms with Gasteiger partial charge in [0.15, 0.2) is 0 Å². The Morgan fingerprint density at radius 3 is 2.69 bits per heavy atom. The van der Waals surface area contributed by atoms with E-state index in [4.69, 9.17) is 4.74 Å². The van der Waals surface area contributed by atoms with Gasteiger partial charge >= 0.3 is 0 Å². The van der Waals surface area contributed by atoms with E-state index < -0.39 is 15.4 Å².